The molecule has 156 valence electrons. The van der Waals surface area contributed by atoms with Crippen molar-refractivity contribution < 1.29 is 19.4 Å². The first-order valence-electron chi connectivity index (χ1n) is 10.3. The zero-order chi connectivity index (χ0) is 21.1. The zero-order valence-electron chi connectivity index (χ0n) is 17.0. The van der Waals surface area contributed by atoms with E-state index in [2.05, 4.69) is 6.07 Å². The Morgan fingerprint density at radius 1 is 1.17 bits per heavy atom. The lowest BCUT2D eigenvalue weighted by Crippen LogP contribution is -2.66. The first-order chi connectivity index (χ1) is 14.7. The van der Waals surface area contributed by atoms with Gasteiger partial charge in [-0.05, 0) is 30.0 Å². The molecule has 3 atom stereocenters. The molecule has 6 nitrogen and oxygen atoms in total. The summed E-state index contributed by atoms with van der Waals surface area (Å²) in [5.41, 5.74) is 2.83. The normalized spacial score (nSPS) is 24.0. The maximum absolute atomic E-state index is 13.1. The Morgan fingerprint density at radius 3 is 2.50 bits per heavy atom. The molecule has 0 unspecified atom stereocenters. The summed E-state index contributed by atoms with van der Waals surface area (Å²) in [5.74, 6) is 0.294. The van der Waals surface area contributed by atoms with E-state index in [0.29, 0.717) is 26.1 Å². The van der Waals surface area contributed by atoms with E-state index in [1.54, 1.807) is 12.0 Å². The quantitative estimate of drug-likeness (QED) is 0.825. The van der Waals surface area contributed by atoms with Crippen molar-refractivity contribution in [1.29, 1.82) is 5.26 Å². The van der Waals surface area contributed by atoms with Gasteiger partial charge in [-0.1, -0.05) is 42.5 Å². The summed E-state index contributed by atoms with van der Waals surface area (Å²) in [4.78, 5) is 14.7. The summed E-state index contributed by atoms with van der Waals surface area (Å²) in [6.45, 7) is 0.939. The van der Waals surface area contributed by atoms with Gasteiger partial charge in [-0.3, -0.25) is 4.79 Å². The third-order valence-electron chi connectivity index (χ3n) is 6.27. The minimum atomic E-state index is -0.603. The van der Waals surface area contributed by atoms with Crippen LogP contribution in [-0.4, -0.2) is 54.9 Å². The van der Waals surface area contributed by atoms with Crippen LogP contribution < -0.4 is 4.74 Å². The SMILES string of the molecule is COc1ccccc1-c1ccccc1[C@H]1[C@@H](C#N)N(C(=O)C2CCOCC2)[C@H]1CO. The second-order valence-electron chi connectivity index (χ2n) is 7.77. The van der Waals surface area contributed by atoms with E-state index in [4.69, 9.17) is 9.47 Å². The third-order valence-corrected chi connectivity index (χ3v) is 6.27. The summed E-state index contributed by atoms with van der Waals surface area (Å²) >= 11 is 0. The molecular weight excluding hydrogens is 380 g/mol. The number of likely N-dealkylation sites (tertiary alicyclic amines) is 1. The highest BCUT2D eigenvalue weighted by atomic mass is 16.5. The van der Waals surface area contributed by atoms with Gasteiger partial charge in [0.05, 0.1) is 25.8 Å². The van der Waals surface area contributed by atoms with Crippen LogP contribution in [0, 0.1) is 17.2 Å². The van der Waals surface area contributed by atoms with Crippen LogP contribution in [0.2, 0.25) is 0 Å². The van der Waals surface area contributed by atoms with E-state index in [9.17, 15) is 15.2 Å². The van der Waals surface area contributed by atoms with Gasteiger partial charge >= 0.3 is 0 Å². The number of carbonyl (C=O) groups is 1. The molecule has 0 bridgehead atoms. The van der Waals surface area contributed by atoms with Gasteiger partial charge in [0.2, 0.25) is 5.91 Å². The van der Waals surface area contributed by atoms with Crippen LogP contribution in [0.25, 0.3) is 11.1 Å². The number of para-hydroxylation sites is 1. The topological polar surface area (TPSA) is 82.8 Å². The molecule has 2 aliphatic rings. The van der Waals surface area contributed by atoms with Gasteiger partial charge in [0.25, 0.3) is 0 Å². The van der Waals surface area contributed by atoms with E-state index in [1.807, 2.05) is 48.5 Å². The zero-order valence-corrected chi connectivity index (χ0v) is 17.0. The van der Waals surface area contributed by atoms with Crippen molar-refractivity contribution in [3.05, 3.63) is 54.1 Å². The lowest BCUT2D eigenvalue weighted by Gasteiger charge is -2.53. The Morgan fingerprint density at radius 2 is 1.83 bits per heavy atom. The lowest BCUT2D eigenvalue weighted by molar-refractivity contribution is -0.154. The van der Waals surface area contributed by atoms with Crippen LogP contribution in [-0.2, 0) is 9.53 Å². The number of amides is 1. The molecule has 2 aromatic rings. The van der Waals surface area contributed by atoms with Gasteiger partial charge in [-0.2, -0.15) is 5.26 Å². The highest BCUT2D eigenvalue weighted by Gasteiger charge is 2.53. The predicted octanol–water partition coefficient (Wildman–Crippen LogP) is 2.97. The minimum absolute atomic E-state index is 0.0464. The number of methoxy groups -OCH3 is 1. The number of nitriles is 1. The van der Waals surface area contributed by atoms with Crippen LogP contribution in [0.5, 0.6) is 5.75 Å². The molecule has 0 saturated carbocycles. The largest absolute Gasteiger partial charge is 0.496 e. The van der Waals surface area contributed by atoms with E-state index in [0.717, 1.165) is 22.4 Å². The average Bonchev–Trinajstić information content (AvgIpc) is 2.80. The van der Waals surface area contributed by atoms with Crippen molar-refractivity contribution >= 4 is 5.91 Å². The summed E-state index contributed by atoms with van der Waals surface area (Å²) in [6, 6.07) is 16.9. The number of hydrogen-bond donors (Lipinski definition) is 1. The fourth-order valence-electron chi connectivity index (χ4n) is 4.74. The smallest absolute Gasteiger partial charge is 0.227 e. The lowest BCUT2D eigenvalue weighted by atomic mass is 9.72. The van der Waals surface area contributed by atoms with Crippen molar-refractivity contribution in [2.75, 3.05) is 26.9 Å². The van der Waals surface area contributed by atoms with Gasteiger partial charge in [0.1, 0.15) is 11.8 Å². The Kier molecular flexibility index (Phi) is 6.03. The number of ether oxygens (including phenoxy) is 2. The minimum Gasteiger partial charge on any atom is -0.496 e. The first-order valence-corrected chi connectivity index (χ1v) is 10.3. The number of aliphatic hydroxyl groups excluding tert-OH is 1. The third kappa shape index (κ3) is 3.45. The van der Waals surface area contributed by atoms with E-state index >= 15 is 0 Å². The van der Waals surface area contributed by atoms with Crippen LogP contribution in [0.1, 0.15) is 24.3 Å². The number of nitrogens with zero attached hydrogens (tertiary/aromatic N) is 2. The van der Waals surface area contributed by atoms with E-state index in [-0.39, 0.29) is 24.3 Å². The number of carbonyl (C=O) groups excluding carboxylic acids is 1. The average molecular weight is 406 g/mol. The van der Waals surface area contributed by atoms with Crippen LogP contribution in [0.4, 0.5) is 0 Å². The van der Waals surface area contributed by atoms with Crippen LogP contribution in [0.15, 0.2) is 48.5 Å². The number of aliphatic hydroxyl groups is 1. The molecule has 2 fully saturated rings. The van der Waals surface area contributed by atoms with Crippen LogP contribution >= 0.6 is 0 Å². The molecule has 6 heteroatoms. The Labute approximate surface area is 176 Å². The molecule has 2 saturated heterocycles. The monoisotopic (exact) mass is 406 g/mol. The van der Waals surface area contributed by atoms with Crippen molar-refractivity contribution in [2.45, 2.75) is 30.8 Å². The number of rotatable bonds is 5. The second kappa shape index (κ2) is 8.86. The van der Waals surface area contributed by atoms with Gasteiger partial charge in [0, 0.05) is 30.6 Å². The number of benzene rings is 2. The Hall–Kier alpha value is -2.88. The first kappa shape index (κ1) is 20.4. The molecule has 0 radical (unpaired) electrons. The summed E-state index contributed by atoms with van der Waals surface area (Å²) < 4.78 is 10.9. The molecule has 0 aliphatic carbocycles. The fraction of sp³-hybridized carbons (Fsp3) is 0.417. The molecule has 2 aliphatic heterocycles. The molecule has 0 aromatic heterocycles. The second-order valence-corrected chi connectivity index (χ2v) is 7.77. The highest BCUT2D eigenvalue weighted by Crippen LogP contribution is 2.46. The molecule has 0 spiro atoms. The van der Waals surface area contributed by atoms with Gasteiger partial charge in [-0.15, -0.1) is 0 Å². The van der Waals surface area contributed by atoms with Crippen molar-refractivity contribution in [1.82, 2.24) is 4.90 Å². The maximum Gasteiger partial charge on any atom is 0.227 e. The molecule has 2 aromatic carbocycles. The standard InChI is InChI=1S/C24H26N2O4/c1-29-22-9-5-4-7-18(22)17-6-2-3-8-19(17)23-20(14-25)26(21(23)15-27)24(28)16-10-12-30-13-11-16/h2-9,16,20-21,23,27H,10-13,15H2,1H3/t20-,21+,23+/m1/s1. The van der Waals surface area contributed by atoms with Crippen LogP contribution in [0.3, 0.4) is 0 Å². The van der Waals surface area contributed by atoms with E-state index in [1.165, 1.54) is 0 Å². The van der Waals surface area contributed by atoms with Crippen molar-refractivity contribution in [3.63, 3.8) is 0 Å². The molecule has 1 N–H and O–H groups in total. The summed E-state index contributed by atoms with van der Waals surface area (Å²) in [6.07, 6.45) is 1.32. The maximum atomic E-state index is 13.1. The molecule has 30 heavy (non-hydrogen) atoms. The molecule has 1 amide bonds. The van der Waals surface area contributed by atoms with E-state index < -0.39 is 12.1 Å². The summed E-state index contributed by atoms with van der Waals surface area (Å²) in [7, 11) is 1.63. The van der Waals surface area contributed by atoms with Gasteiger partial charge < -0.3 is 19.5 Å². The molecule has 4 rings (SSSR count). The highest BCUT2D eigenvalue weighted by molar-refractivity contribution is 5.82. The van der Waals surface area contributed by atoms with Crippen molar-refractivity contribution in [3.8, 4) is 22.9 Å². The predicted molar refractivity (Wildman–Crippen MR) is 112 cm³/mol. The molecule has 2 heterocycles. The number of hydrogen-bond acceptors (Lipinski definition) is 5. The van der Waals surface area contributed by atoms with Gasteiger partial charge in [0.15, 0.2) is 0 Å². The fourth-order valence-corrected chi connectivity index (χ4v) is 4.74. The van der Waals surface area contributed by atoms with Gasteiger partial charge in [-0.25, -0.2) is 0 Å². The van der Waals surface area contributed by atoms with Crippen molar-refractivity contribution in [2.24, 2.45) is 5.92 Å². The Bertz CT molecular complexity index is 948. The summed E-state index contributed by atoms with van der Waals surface area (Å²) in [5, 5.41) is 20.1. The Balaban J connectivity index is 1.69. The molecular formula is C24H26N2O4.